The highest BCUT2D eigenvalue weighted by Gasteiger charge is 2.31. The molecule has 1 fully saturated rings. The highest BCUT2D eigenvalue weighted by Crippen LogP contribution is 2.11. The first-order chi connectivity index (χ1) is 6.15. The van der Waals surface area contributed by atoms with Crippen LogP contribution in [0.3, 0.4) is 0 Å². The van der Waals surface area contributed by atoms with Gasteiger partial charge in [-0.05, 0) is 6.92 Å². The van der Waals surface area contributed by atoms with Crippen LogP contribution in [0.5, 0.6) is 0 Å². The first kappa shape index (κ1) is 10.4. The Bertz CT molecular complexity index is 186. The van der Waals surface area contributed by atoms with Crippen LogP contribution in [0, 0.1) is 5.92 Å². The Morgan fingerprint density at radius 2 is 2.46 bits per heavy atom. The first-order valence-electron chi connectivity index (χ1n) is 4.39. The minimum atomic E-state index is -0.269. The van der Waals surface area contributed by atoms with Crippen LogP contribution in [-0.4, -0.2) is 42.9 Å². The van der Waals surface area contributed by atoms with Crippen molar-refractivity contribution in [1.29, 1.82) is 0 Å². The van der Waals surface area contributed by atoms with Gasteiger partial charge in [0.2, 0.25) is 5.91 Å². The van der Waals surface area contributed by atoms with E-state index < -0.39 is 0 Å². The quantitative estimate of drug-likeness (QED) is 0.501. The summed E-state index contributed by atoms with van der Waals surface area (Å²) in [5.41, 5.74) is 5.65. The summed E-state index contributed by atoms with van der Waals surface area (Å²) in [6.07, 6.45) is 0. The van der Waals surface area contributed by atoms with Gasteiger partial charge in [-0.1, -0.05) is 0 Å². The molecular formula is C8H16N2O3. The number of hydrogen-bond donors (Lipinski definition) is 3. The molecule has 0 aromatic heterocycles. The second-order valence-corrected chi connectivity index (χ2v) is 3.40. The Labute approximate surface area is 77.2 Å². The molecule has 5 nitrogen and oxygen atoms in total. The summed E-state index contributed by atoms with van der Waals surface area (Å²) in [4.78, 5) is 11.4. The number of nitrogens with one attached hydrogen (secondary N) is 1. The number of aliphatic hydroxyl groups is 1. The van der Waals surface area contributed by atoms with Gasteiger partial charge in [-0.25, -0.2) is 0 Å². The summed E-state index contributed by atoms with van der Waals surface area (Å²) in [6, 6.07) is -0.439. The third-order valence-electron chi connectivity index (χ3n) is 2.12. The van der Waals surface area contributed by atoms with Gasteiger partial charge in [-0.3, -0.25) is 4.79 Å². The minimum absolute atomic E-state index is 0.0610. The average Bonchev–Trinajstić information content (AvgIpc) is 2.51. The van der Waals surface area contributed by atoms with E-state index >= 15 is 0 Å². The zero-order valence-electron chi connectivity index (χ0n) is 7.69. The molecule has 76 valence electrons. The molecule has 3 atom stereocenters. The van der Waals surface area contributed by atoms with Crippen molar-refractivity contribution < 1.29 is 14.6 Å². The summed E-state index contributed by atoms with van der Waals surface area (Å²) in [5, 5.41) is 11.4. The van der Waals surface area contributed by atoms with Crippen molar-refractivity contribution in [1.82, 2.24) is 5.32 Å². The maximum absolute atomic E-state index is 11.4. The second-order valence-electron chi connectivity index (χ2n) is 3.40. The molecule has 1 aliphatic heterocycles. The van der Waals surface area contributed by atoms with Gasteiger partial charge in [0.1, 0.15) is 0 Å². The number of nitrogens with two attached hydrogens (primary N) is 1. The van der Waals surface area contributed by atoms with Gasteiger partial charge in [0.05, 0.1) is 25.7 Å². The molecule has 0 aliphatic carbocycles. The molecule has 5 heteroatoms. The zero-order chi connectivity index (χ0) is 9.84. The predicted octanol–water partition coefficient (Wildman–Crippen LogP) is -1.54. The maximum atomic E-state index is 11.4. The smallest absolute Gasteiger partial charge is 0.227 e. The van der Waals surface area contributed by atoms with E-state index in [1.54, 1.807) is 6.92 Å². The van der Waals surface area contributed by atoms with E-state index in [0.717, 1.165) is 0 Å². The lowest BCUT2D eigenvalue weighted by atomic mass is 10.0. The van der Waals surface area contributed by atoms with E-state index in [0.29, 0.717) is 13.2 Å². The van der Waals surface area contributed by atoms with Crippen LogP contribution in [0.15, 0.2) is 0 Å². The molecule has 1 saturated heterocycles. The molecule has 0 aromatic rings. The Kier molecular flexibility index (Phi) is 3.65. The summed E-state index contributed by atoms with van der Waals surface area (Å²) < 4.78 is 5.06. The fourth-order valence-corrected chi connectivity index (χ4v) is 1.24. The van der Waals surface area contributed by atoms with E-state index in [4.69, 9.17) is 15.6 Å². The second kappa shape index (κ2) is 4.55. The van der Waals surface area contributed by atoms with E-state index in [1.807, 2.05) is 0 Å². The Morgan fingerprint density at radius 3 is 2.92 bits per heavy atom. The first-order valence-corrected chi connectivity index (χ1v) is 4.39. The minimum Gasteiger partial charge on any atom is -0.394 e. The van der Waals surface area contributed by atoms with Crippen molar-refractivity contribution >= 4 is 5.91 Å². The van der Waals surface area contributed by atoms with Crippen molar-refractivity contribution in [3.63, 3.8) is 0 Å². The Hall–Kier alpha value is -0.650. The maximum Gasteiger partial charge on any atom is 0.227 e. The van der Waals surface area contributed by atoms with Crippen LogP contribution in [0.2, 0.25) is 0 Å². The van der Waals surface area contributed by atoms with Crippen molar-refractivity contribution in [2.75, 3.05) is 19.8 Å². The third-order valence-corrected chi connectivity index (χ3v) is 2.12. The topological polar surface area (TPSA) is 84.6 Å². The average molecular weight is 188 g/mol. The summed E-state index contributed by atoms with van der Waals surface area (Å²) >= 11 is 0. The van der Waals surface area contributed by atoms with Gasteiger partial charge >= 0.3 is 0 Å². The molecule has 0 aromatic carbocycles. The molecule has 1 aliphatic rings. The molecule has 2 unspecified atom stereocenters. The Balaban J connectivity index is 2.38. The van der Waals surface area contributed by atoms with E-state index in [2.05, 4.69) is 5.32 Å². The molecule has 0 saturated carbocycles. The number of carbonyl (C=O) groups is 1. The molecule has 4 N–H and O–H groups in total. The van der Waals surface area contributed by atoms with Crippen LogP contribution >= 0.6 is 0 Å². The van der Waals surface area contributed by atoms with E-state index in [-0.39, 0.29) is 30.5 Å². The van der Waals surface area contributed by atoms with Gasteiger partial charge in [0.15, 0.2) is 0 Å². The number of hydrogen-bond acceptors (Lipinski definition) is 4. The highest BCUT2D eigenvalue weighted by atomic mass is 16.5. The summed E-state index contributed by atoms with van der Waals surface area (Å²) in [6.45, 7) is 2.49. The van der Waals surface area contributed by atoms with Gasteiger partial charge in [-0.15, -0.1) is 0 Å². The van der Waals surface area contributed by atoms with Crippen molar-refractivity contribution in [3.8, 4) is 0 Å². The number of aliphatic hydroxyl groups excluding tert-OH is 1. The SMILES string of the molecule is C[C@H](CO)NC(=O)C1COCC1N. The lowest BCUT2D eigenvalue weighted by Crippen LogP contribution is -2.45. The normalized spacial score (nSPS) is 30.1. The van der Waals surface area contributed by atoms with Crippen LogP contribution < -0.4 is 11.1 Å². The van der Waals surface area contributed by atoms with Crippen LogP contribution in [0.1, 0.15) is 6.92 Å². The molecule has 1 heterocycles. The number of ether oxygens (including phenoxy) is 1. The fraction of sp³-hybridized carbons (Fsp3) is 0.875. The monoisotopic (exact) mass is 188 g/mol. The number of amides is 1. The van der Waals surface area contributed by atoms with Crippen LogP contribution in [0.25, 0.3) is 0 Å². The van der Waals surface area contributed by atoms with Crippen molar-refractivity contribution in [3.05, 3.63) is 0 Å². The lowest BCUT2D eigenvalue weighted by molar-refractivity contribution is -0.126. The Morgan fingerprint density at radius 1 is 1.77 bits per heavy atom. The van der Waals surface area contributed by atoms with Crippen LogP contribution in [-0.2, 0) is 9.53 Å². The largest absolute Gasteiger partial charge is 0.394 e. The summed E-state index contributed by atoms with van der Waals surface area (Å²) in [5.74, 6) is -0.402. The molecular weight excluding hydrogens is 172 g/mol. The molecule has 0 radical (unpaired) electrons. The lowest BCUT2D eigenvalue weighted by Gasteiger charge is -2.16. The number of carbonyl (C=O) groups excluding carboxylic acids is 1. The van der Waals surface area contributed by atoms with Gasteiger partial charge in [-0.2, -0.15) is 0 Å². The van der Waals surface area contributed by atoms with Gasteiger partial charge in [0.25, 0.3) is 0 Å². The third kappa shape index (κ3) is 2.65. The van der Waals surface area contributed by atoms with Gasteiger partial charge in [0, 0.05) is 12.1 Å². The van der Waals surface area contributed by atoms with Crippen molar-refractivity contribution in [2.45, 2.75) is 19.0 Å². The molecule has 0 bridgehead atoms. The number of rotatable bonds is 3. The zero-order valence-corrected chi connectivity index (χ0v) is 7.69. The highest BCUT2D eigenvalue weighted by molar-refractivity contribution is 5.80. The fourth-order valence-electron chi connectivity index (χ4n) is 1.24. The molecule has 1 rings (SSSR count). The van der Waals surface area contributed by atoms with E-state index in [9.17, 15) is 4.79 Å². The van der Waals surface area contributed by atoms with Crippen molar-refractivity contribution in [2.24, 2.45) is 11.7 Å². The standard InChI is InChI=1S/C8H16N2O3/c1-5(2-11)10-8(12)6-3-13-4-7(6)9/h5-7,11H,2-4,9H2,1H3,(H,10,12)/t5-,6?,7?/m1/s1. The molecule has 13 heavy (non-hydrogen) atoms. The van der Waals surface area contributed by atoms with E-state index in [1.165, 1.54) is 0 Å². The van der Waals surface area contributed by atoms with Gasteiger partial charge < -0.3 is 20.9 Å². The summed E-state index contributed by atoms with van der Waals surface area (Å²) in [7, 11) is 0. The molecule has 0 spiro atoms. The predicted molar refractivity (Wildman–Crippen MR) is 47.0 cm³/mol. The molecule has 1 amide bonds. The van der Waals surface area contributed by atoms with Crippen LogP contribution in [0.4, 0.5) is 0 Å².